The summed E-state index contributed by atoms with van der Waals surface area (Å²) in [5.74, 6) is 2.14. The minimum Gasteiger partial charge on any atom is -0.497 e. The summed E-state index contributed by atoms with van der Waals surface area (Å²) >= 11 is 0. The monoisotopic (exact) mass is 402 g/mol. The van der Waals surface area contributed by atoms with Gasteiger partial charge in [0.25, 0.3) is 0 Å². The van der Waals surface area contributed by atoms with Gasteiger partial charge in [0.05, 0.1) is 24.8 Å². The highest BCUT2D eigenvalue weighted by Gasteiger charge is 2.31. The predicted octanol–water partition coefficient (Wildman–Crippen LogP) is 3.21. The molecule has 0 saturated carbocycles. The number of nitrogen functional groups attached to an aromatic ring is 1. The van der Waals surface area contributed by atoms with Gasteiger partial charge in [-0.25, -0.2) is 0 Å². The van der Waals surface area contributed by atoms with E-state index in [1.165, 1.54) is 0 Å². The summed E-state index contributed by atoms with van der Waals surface area (Å²) in [4.78, 5) is 21.6. The van der Waals surface area contributed by atoms with Crippen molar-refractivity contribution in [2.75, 3.05) is 43.3 Å². The Kier molecular flexibility index (Phi) is 5.90. The quantitative estimate of drug-likeness (QED) is 0.552. The molecule has 10 nitrogen and oxygen atoms in total. The third-order valence-electron chi connectivity index (χ3n) is 4.90. The van der Waals surface area contributed by atoms with Crippen LogP contribution in [-0.2, 0) is 0 Å². The van der Waals surface area contributed by atoms with Gasteiger partial charge in [-0.2, -0.15) is 9.97 Å². The molecule has 0 radical (unpaired) electrons. The van der Waals surface area contributed by atoms with Crippen molar-refractivity contribution in [3.63, 3.8) is 0 Å². The summed E-state index contributed by atoms with van der Waals surface area (Å²) in [5.41, 5.74) is 6.26. The van der Waals surface area contributed by atoms with E-state index in [0.717, 1.165) is 6.42 Å². The molecule has 1 aromatic heterocycles. The van der Waals surface area contributed by atoms with Crippen molar-refractivity contribution in [2.24, 2.45) is 11.8 Å². The molecule has 1 aromatic carbocycles. The van der Waals surface area contributed by atoms with Crippen molar-refractivity contribution in [3.05, 3.63) is 28.3 Å². The number of rotatable bonds is 6. The summed E-state index contributed by atoms with van der Waals surface area (Å²) < 4.78 is 10.6. The molecule has 0 bridgehead atoms. The third kappa shape index (κ3) is 4.41. The van der Waals surface area contributed by atoms with E-state index < -0.39 is 4.92 Å². The van der Waals surface area contributed by atoms with Crippen molar-refractivity contribution >= 4 is 29.0 Å². The summed E-state index contributed by atoms with van der Waals surface area (Å²) in [5, 5.41) is 14.7. The Balaban J connectivity index is 2.03. The zero-order valence-electron chi connectivity index (χ0n) is 17.0. The van der Waals surface area contributed by atoms with Crippen LogP contribution in [0, 0.1) is 22.0 Å². The molecule has 1 fully saturated rings. The number of benzene rings is 1. The molecular formula is C19H26N6O4. The minimum absolute atomic E-state index is 0.153. The molecule has 3 N–H and O–H groups in total. The van der Waals surface area contributed by atoms with E-state index in [4.69, 9.17) is 15.2 Å². The number of nitrogens with zero attached hydrogens (tertiary/aromatic N) is 4. The topological polar surface area (TPSA) is 129 Å². The molecule has 1 aliphatic heterocycles. The van der Waals surface area contributed by atoms with Crippen molar-refractivity contribution in [3.8, 4) is 11.5 Å². The molecule has 29 heavy (non-hydrogen) atoms. The molecule has 10 heteroatoms. The molecule has 0 unspecified atom stereocenters. The van der Waals surface area contributed by atoms with E-state index in [-0.39, 0.29) is 23.3 Å². The van der Waals surface area contributed by atoms with Crippen LogP contribution in [0.1, 0.15) is 20.3 Å². The van der Waals surface area contributed by atoms with Crippen LogP contribution in [0.4, 0.5) is 29.0 Å². The van der Waals surface area contributed by atoms with Crippen molar-refractivity contribution < 1.29 is 14.4 Å². The maximum atomic E-state index is 11.7. The van der Waals surface area contributed by atoms with Crippen molar-refractivity contribution in [2.45, 2.75) is 20.3 Å². The standard InChI is InChI=1S/C19H26N6O4/c1-11-7-12(2)10-24(9-11)18-16(25(26)27)17(20)22-19(23-18)21-14-8-13(28-3)5-6-15(14)29-4/h5-6,8,11-12H,7,9-10H2,1-4H3,(H3,20,21,22,23)/t11-,12-/m1/s1. The number of methoxy groups -OCH3 is 2. The van der Waals surface area contributed by atoms with Gasteiger partial charge in [0.1, 0.15) is 11.5 Å². The number of nitro groups is 1. The summed E-state index contributed by atoms with van der Waals surface area (Å²) in [6.07, 6.45) is 1.07. The first kappa shape index (κ1) is 20.4. The molecule has 1 saturated heterocycles. The first-order chi connectivity index (χ1) is 13.8. The molecule has 2 atom stereocenters. The first-order valence-electron chi connectivity index (χ1n) is 9.38. The van der Waals surface area contributed by atoms with Crippen LogP contribution in [0.15, 0.2) is 18.2 Å². The van der Waals surface area contributed by atoms with Crippen LogP contribution in [0.3, 0.4) is 0 Å². The average Bonchev–Trinajstić information content (AvgIpc) is 2.66. The zero-order valence-corrected chi connectivity index (χ0v) is 17.0. The Labute approximate surface area is 169 Å². The second-order valence-corrected chi connectivity index (χ2v) is 7.40. The second kappa shape index (κ2) is 8.38. The van der Waals surface area contributed by atoms with E-state index in [1.54, 1.807) is 32.4 Å². The Bertz CT molecular complexity index is 897. The molecule has 0 spiro atoms. The molecule has 156 valence electrons. The lowest BCUT2D eigenvalue weighted by atomic mass is 9.92. The van der Waals surface area contributed by atoms with Crippen molar-refractivity contribution in [1.82, 2.24) is 9.97 Å². The molecular weight excluding hydrogens is 376 g/mol. The zero-order chi connectivity index (χ0) is 21.1. The number of hydrogen-bond donors (Lipinski definition) is 2. The highest BCUT2D eigenvalue weighted by Crippen LogP contribution is 2.37. The SMILES string of the molecule is COc1ccc(OC)c(Nc2nc(N)c([N+](=O)[O-])c(N3C[C@H](C)C[C@@H](C)C3)n2)c1. The summed E-state index contributed by atoms with van der Waals surface area (Å²) in [6.45, 7) is 5.59. The Hall–Kier alpha value is -3.30. The second-order valence-electron chi connectivity index (χ2n) is 7.40. The van der Waals surface area contributed by atoms with Crippen LogP contribution in [0.5, 0.6) is 11.5 Å². The van der Waals surface area contributed by atoms with E-state index in [9.17, 15) is 10.1 Å². The van der Waals surface area contributed by atoms with Gasteiger partial charge >= 0.3 is 5.69 Å². The number of aromatic nitrogens is 2. The van der Waals surface area contributed by atoms with Gasteiger partial charge in [0.2, 0.25) is 17.6 Å². The lowest BCUT2D eigenvalue weighted by Gasteiger charge is -2.35. The number of nitrogens with two attached hydrogens (primary N) is 1. The smallest absolute Gasteiger partial charge is 0.353 e. The first-order valence-corrected chi connectivity index (χ1v) is 9.38. The van der Waals surface area contributed by atoms with Crippen LogP contribution >= 0.6 is 0 Å². The highest BCUT2D eigenvalue weighted by atomic mass is 16.6. The number of ether oxygens (including phenoxy) is 2. The van der Waals surface area contributed by atoms with Gasteiger partial charge in [0.15, 0.2) is 0 Å². The normalized spacial score (nSPS) is 19.0. The predicted molar refractivity (Wildman–Crippen MR) is 111 cm³/mol. The van der Waals surface area contributed by atoms with Gasteiger partial charge < -0.3 is 25.4 Å². The van der Waals surface area contributed by atoms with Gasteiger partial charge in [-0.15, -0.1) is 0 Å². The number of piperidine rings is 1. The van der Waals surface area contributed by atoms with Crippen LogP contribution in [0.2, 0.25) is 0 Å². The lowest BCUT2D eigenvalue weighted by molar-refractivity contribution is -0.383. The van der Waals surface area contributed by atoms with Crippen LogP contribution in [0.25, 0.3) is 0 Å². The van der Waals surface area contributed by atoms with Gasteiger partial charge in [-0.1, -0.05) is 13.8 Å². The fourth-order valence-corrected chi connectivity index (χ4v) is 3.78. The average molecular weight is 402 g/mol. The maximum Gasteiger partial charge on any atom is 0.353 e. The largest absolute Gasteiger partial charge is 0.497 e. The van der Waals surface area contributed by atoms with Crippen LogP contribution in [-0.4, -0.2) is 42.2 Å². The van der Waals surface area contributed by atoms with E-state index in [1.807, 2.05) is 4.90 Å². The van der Waals surface area contributed by atoms with E-state index in [2.05, 4.69) is 29.1 Å². The van der Waals surface area contributed by atoms with E-state index >= 15 is 0 Å². The Morgan fingerprint density at radius 1 is 1.21 bits per heavy atom. The third-order valence-corrected chi connectivity index (χ3v) is 4.90. The molecule has 2 aromatic rings. The molecule has 3 rings (SSSR count). The fraction of sp³-hybridized carbons (Fsp3) is 0.474. The molecule has 1 aliphatic rings. The van der Waals surface area contributed by atoms with Gasteiger partial charge in [-0.05, 0) is 30.4 Å². The Morgan fingerprint density at radius 3 is 2.48 bits per heavy atom. The summed E-state index contributed by atoms with van der Waals surface area (Å²) in [7, 11) is 3.10. The van der Waals surface area contributed by atoms with E-state index in [0.29, 0.717) is 42.1 Å². The maximum absolute atomic E-state index is 11.7. The minimum atomic E-state index is -0.523. The number of anilines is 4. The molecule has 2 heterocycles. The summed E-state index contributed by atoms with van der Waals surface area (Å²) in [6, 6.07) is 5.23. The Morgan fingerprint density at radius 2 is 1.90 bits per heavy atom. The number of hydrogen-bond acceptors (Lipinski definition) is 9. The van der Waals surface area contributed by atoms with Gasteiger partial charge in [-0.3, -0.25) is 10.1 Å². The molecule has 0 aliphatic carbocycles. The lowest BCUT2D eigenvalue weighted by Crippen LogP contribution is -2.39. The van der Waals surface area contributed by atoms with Gasteiger partial charge in [0, 0.05) is 19.2 Å². The fourth-order valence-electron chi connectivity index (χ4n) is 3.78. The highest BCUT2D eigenvalue weighted by molar-refractivity contribution is 5.73. The molecule has 0 amide bonds. The van der Waals surface area contributed by atoms with Crippen LogP contribution < -0.4 is 25.4 Å². The van der Waals surface area contributed by atoms with Crippen molar-refractivity contribution in [1.29, 1.82) is 0 Å². The number of nitrogens with one attached hydrogen (secondary N) is 1.